The molecule has 1 amide bonds. The molecule has 0 spiro atoms. The molecule has 0 rings (SSSR count). The number of methoxy groups -OCH3 is 1. The molecule has 0 heterocycles. The van der Waals surface area contributed by atoms with Gasteiger partial charge in [-0.1, -0.05) is 12.2 Å². The van der Waals surface area contributed by atoms with Crippen LogP contribution in [0.1, 0.15) is 13.8 Å². The Morgan fingerprint density at radius 2 is 2.12 bits per heavy atom. The van der Waals surface area contributed by atoms with Crippen molar-refractivity contribution < 1.29 is 9.53 Å². The minimum atomic E-state index is -0.0847. The molecular weight excluding hydrogens is 226 g/mol. The van der Waals surface area contributed by atoms with Gasteiger partial charge in [0.2, 0.25) is 5.91 Å². The van der Waals surface area contributed by atoms with Crippen LogP contribution in [0.4, 0.5) is 0 Å². The third kappa shape index (κ3) is 5.99. The summed E-state index contributed by atoms with van der Waals surface area (Å²) in [4.78, 5) is 13.8. The maximum Gasteiger partial charge on any atom is 0.234 e. The molecule has 3 N–H and O–H groups in total. The third-order valence-electron chi connectivity index (χ3n) is 2.29. The SMILES string of the molecule is COCC(C)NC(=O)CN(C)C(C)C(N)=S. The van der Waals surface area contributed by atoms with Gasteiger partial charge in [-0.2, -0.15) is 0 Å². The van der Waals surface area contributed by atoms with E-state index in [2.05, 4.69) is 5.32 Å². The molecule has 0 saturated heterocycles. The lowest BCUT2D eigenvalue weighted by molar-refractivity contribution is -0.123. The number of nitrogens with two attached hydrogens (primary N) is 1. The maximum atomic E-state index is 11.6. The second-order valence-corrected chi connectivity index (χ2v) is 4.39. The first-order valence-corrected chi connectivity index (χ1v) is 5.57. The molecule has 0 fully saturated rings. The topological polar surface area (TPSA) is 67.6 Å². The summed E-state index contributed by atoms with van der Waals surface area (Å²) in [6, 6.07) is -0.0792. The van der Waals surface area contributed by atoms with Crippen LogP contribution in [0, 0.1) is 0 Å². The van der Waals surface area contributed by atoms with E-state index in [-0.39, 0.29) is 24.5 Å². The normalized spacial score (nSPS) is 14.6. The largest absolute Gasteiger partial charge is 0.392 e. The van der Waals surface area contributed by atoms with Crippen molar-refractivity contribution >= 4 is 23.1 Å². The van der Waals surface area contributed by atoms with E-state index in [0.717, 1.165) is 0 Å². The summed E-state index contributed by atoms with van der Waals surface area (Å²) >= 11 is 4.86. The van der Waals surface area contributed by atoms with E-state index in [1.807, 2.05) is 20.9 Å². The van der Waals surface area contributed by atoms with Crippen molar-refractivity contribution in [1.29, 1.82) is 0 Å². The number of amides is 1. The maximum absolute atomic E-state index is 11.6. The van der Waals surface area contributed by atoms with Gasteiger partial charge in [0.05, 0.1) is 24.2 Å². The average Bonchev–Trinajstić information content (AvgIpc) is 2.16. The molecule has 0 bridgehead atoms. The summed E-state index contributed by atoms with van der Waals surface area (Å²) in [7, 11) is 3.41. The van der Waals surface area contributed by atoms with Crippen molar-refractivity contribution in [2.45, 2.75) is 25.9 Å². The van der Waals surface area contributed by atoms with Crippen LogP contribution in [0.25, 0.3) is 0 Å². The van der Waals surface area contributed by atoms with E-state index in [4.69, 9.17) is 22.7 Å². The Hall–Kier alpha value is -0.720. The number of rotatable bonds is 7. The highest BCUT2D eigenvalue weighted by molar-refractivity contribution is 7.80. The van der Waals surface area contributed by atoms with Crippen molar-refractivity contribution in [2.24, 2.45) is 5.73 Å². The monoisotopic (exact) mass is 247 g/mol. The zero-order valence-corrected chi connectivity index (χ0v) is 11.1. The number of nitrogens with one attached hydrogen (secondary N) is 1. The van der Waals surface area contributed by atoms with Crippen molar-refractivity contribution in [2.75, 3.05) is 27.3 Å². The van der Waals surface area contributed by atoms with Crippen LogP contribution in [0.3, 0.4) is 0 Å². The van der Waals surface area contributed by atoms with Crippen LogP contribution in [0.15, 0.2) is 0 Å². The average molecular weight is 247 g/mol. The Morgan fingerprint density at radius 1 is 1.56 bits per heavy atom. The second kappa shape index (κ2) is 7.54. The summed E-state index contributed by atoms with van der Waals surface area (Å²) < 4.78 is 4.93. The van der Waals surface area contributed by atoms with Crippen LogP contribution in [0.2, 0.25) is 0 Å². The number of likely N-dealkylation sites (N-methyl/N-ethyl adjacent to an activating group) is 1. The van der Waals surface area contributed by atoms with Gasteiger partial charge in [0.25, 0.3) is 0 Å². The highest BCUT2D eigenvalue weighted by Crippen LogP contribution is 1.95. The molecule has 0 aromatic heterocycles. The van der Waals surface area contributed by atoms with E-state index in [1.165, 1.54) is 0 Å². The molecule has 5 nitrogen and oxygen atoms in total. The zero-order chi connectivity index (χ0) is 12.7. The molecule has 2 unspecified atom stereocenters. The molecule has 0 aliphatic rings. The fourth-order valence-corrected chi connectivity index (χ4v) is 1.37. The highest BCUT2D eigenvalue weighted by atomic mass is 32.1. The minimum Gasteiger partial charge on any atom is -0.392 e. The van der Waals surface area contributed by atoms with Gasteiger partial charge in [-0.25, -0.2) is 0 Å². The van der Waals surface area contributed by atoms with Crippen molar-refractivity contribution in [3.8, 4) is 0 Å². The number of carbonyl (C=O) groups excluding carboxylic acids is 1. The summed E-state index contributed by atoms with van der Waals surface area (Å²) in [5, 5.41) is 2.82. The lowest BCUT2D eigenvalue weighted by Gasteiger charge is -2.23. The molecule has 0 aliphatic heterocycles. The van der Waals surface area contributed by atoms with Crippen LogP contribution in [-0.4, -0.2) is 55.2 Å². The quantitative estimate of drug-likeness (QED) is 0.607. The van der Waals surface area contributed by atoms with Gasteiger partial charge < -0.3 is 15.8 Å². The molecule has 0 aromatic rings. The Bertz CT molecular complexity index is 248. The summed E-state index contributed by atoms with van der Waals surface area (Å²) in [6.07, 6.45) is 0. The van der Waals surface area contributed by atoms with E-state index in [9.17, 15) is 4.79 Å². The van der Waals surface area contributed by atoms with Gasteiger partial charge >= 0.3 is 0 Å². The zero-order valence-electron chi connectivity index (χ0n) is 10.3. The smallest absolute Gasteiger partial charge is 0.234 e. The molecule has 0 aliphatic carbocycles. The van der Waals surface area contributed by atoms with Crippen LogP contribution in [0.5, 0.6) is 0 Å². The lowest BCUT2D eigenvalue weighted by Crippen LogP contribution is -2.46. The standard InChI is InChI=1S/C10H21N3O2S/c1-7(6-15-4)12-9(14)5-13(3)8(2)10(11)16/h7-8H,5-6H2,1-4H3,(H2,11,16)(H,12,14). The predicted molar refractivity (Wildman–Crippen MR) is 68.4 cm³/mol. The Morgan fingerprint density at radius 3 is 2.56 bits per heavy atom. The Labute approximate surface area is 102 Å². The highest BCUT2D eigenvalue weighted by Gasteiger charge is 2.15. The summed E-state index contributed by atoms with van der Waals surface area (Å²) in [5.74, 6) is -0.0600. The van der Waals surface area contributed by atoms with E-state index in [1.54, 1.807) is 12.0 Å². The van der Waals surface area contributed by atoms with Gasteiger partial charge in [-0.3, -0.25) is 9.69 Å². The first-order valence-electron chi connectivity index (χ1n) is 5.16. The first kappa shape index (κ1) is 15.3. The van der Waals surface area contributed by atoms with E-state index >= 15 is 0 Å². The third-order valence-corrected chi connectivity index (χ3v) is 2.63. The summed E-state index contributed by atoms with van der Waals surface area (Å²) in [5.41, 5.74) is 5.50. The van der Waals surface area contributed by atoms with Crippen molar-refractivity contribution in [1.82, 2.24) is 10.2 Å². The van der Waals surface area contributed by atoms with Gasteiger partial charge in [0, 0.05) is 13.2 Å². The van der Waals surface area contributed by atoms with Crippen LogP contribution in [-0.2, 0) is 9.53 Å². The Kier molecular flexibility index (Phi) is 7.20. The van der Waals surface area contributed by atoms with E-state index in [0.29, 0.717) is 11.6 Å². The lowest BCUT2D eigenvalue weighted by atomic mass is 10.3. The number of ether oxygens (including phenoxy) is 1. The molecular formula is C10H21N3O2S. The van der Waals surface area contributed by atoms with Crippen LogP contribution >= 0.6 is 12.2 Å². The fraction of sp³-hybridized carbons (Fsp3) is 0.800. The van der Waals surface area contributed by atoms with Gasteiger partial charge in [-0.15, -0.1) is 0 Å². The summed E-state index contributed by atoms with van der Waals surface area (Å²) in [6.45, 7) is 4.53. The van der Waals surface area contributed by atoms with Gasteiger partial charge in [0.15, 0.2) is 0 Å². The van der Waals surface area contributed by atoms with Gasteiger partial charge in [0.1, 0.15) is 0 Å². The predicted octanol–water partition coefficient (Wildman–Crippen LogP) is -0.256. The second-order valence-electron chi connectivity index (χ2n) is 3.92. The fourth-order valence-electron chi connectivity index (χ4n) is 1.19. The molecule has 6 heteroatoms. The van der Waals surface area contributed by atoms with Crippen molar-refractivity contribution in [3.05, 3.63) is 0 Å². The first-order chi connectivity index (χ1) is 7.38. The van der Waals surface area contributed by atoms with Gasteiger partial charge in [-0.05, 0) is 20.9 Å². The molecule has 94 valence electrons. The number of carbonyl (C=O) groups is 1. The number of nitrogens with zero attached hydrogens (tertiary/aromatic N) is 1. The molecule has 16 heavy (non-hydrogen) atoms. The Balaban J connectivity index is 4.00. The minimum absolute atomic E-state index is 0.00559. The number of hydrogen-bond donors (Lipinski definition) is 2. The van der Waals surface area contributed by atoms with E-state index < -0.39 is 0 Å². The number of thiocarbonyl (C=S) groups is 1. The number of hydrogen-bond acceptors (Lipinski definition) is 4. The molecule has 0 saturated carbocycles. The molecule has 0 aromatic carbocycles. The van der Waals surface area contributed by atoms with Crippen LogP contribution < -0.4 is 11.1 Å². The van der Waals surface area contributed by atoms with Crippen molar-refractivity contribution in [3.63, 3.8) is 0 Å². The molecule has 2 atom stereocenters. The molecule has 0 radical (unpaired) electrons.